The second-order valence-electron chi connectivity index (χ2n) is 7.84. The van der Waals surface area contributed by atoms with E-state index in [9.17, 15) is 31.5 Å². The zero-order chi connectivity index (χ0) is 21.5. The molecular formula is C18H24F3NO5S. The average Bonchev–Trinajstić information content (AvgIpc) is 3.05. The van der Waals surface area contributed by atoms with Crippen LogP contribution in [0, 0.1) is 5.41 Å². The average molecular weight is 423 g/mol. The van der Waals surface area contributed by atoms with E-state index >= 15 is 0 Å². The number of aliphatic hydroxyl groups excluding tert-OH is 1. The first-order valence-electron chi connectivity index (χ1n) is 8.58. The molecule has 0 amide bonds. The normalized spacial score (nSPS) is 17.2. The van der Waals surface area contributed by atoms with Crippen LogP contribution in [-0.4, -0.2) is 57.6 Å². The number of sulfonamides is 1. The summed E-state index contributed by atoms with van der Waals surface area (Å²) >= 11 is 0. The Morgan fingerprint density at radius 1 is 1.25 bits per heavy atom. The van der Waals surface area contributed by atoms with E-state index in [1.807, 2.05) is 0 Å². The highest BCUT2D eigenvalue weighted by Gasteiger charge is 2.57. The topological polar surface area (TPSA) is 83.9 Å². The molecule has 2 rings (SSSR count). The second kappa shape index (κ2) is 7.31. The summed E-state index contributed by atoms with van der Waals surface area (Å²) in [5, 5.41) is 9.39. The summed E-state index contributed by atoms with van der Waals surface area (Å²) in [6.07, 6.45) is -5.58. The summed E-state index contributed by atoms with van der Waals surface area (Å²) in [5.41, 5.74) is -3.44. The van der Waals surface area contributed by atoms with Crippen LogP contribution >= 0.6 is 0 Å². The second-order valence-corrected chi connectivity index (χ2v) is 9.99. The van der Waals surface area contributed by atoms with Gasteiger partial charge in [0.2, 0.25) is 10.0 Å². The Morgan fingerprint density at radius 2 is 1.86 bits per heavy atom. The Morgan fingerprint density at radius 3 is 2.32 bits per heavy atom. The van der Waals surface area contributed by atoms with Gasteiger partial charge in [-0.25, -0.2) is 12.7 Å². The Kier molecular flexibility index (Phi) is 5.91. The van der Waals surface area contributed by atoms with Gasteiger partial charge >= 0.3 is 6.18 Å². The molecule has 0 fully saturated rings. The van der Waals surface area contributed by atoms with Crippen molar-refractivity contribution in [3.05, 3.63) is 23.3 Å². The number of halogens is 3. The monoisotopic (exact) mass is 423 g/mol. The van der Waals surface area contributed by atoms with Gasteiger partial charge in [0.1, 0.15) is 17.5 Å². The summed E-state index contributed by atoms with van der Waals surface area (Å²) in [6.45, 7) is 1.82. The molecule has 1 aromatic carbocycles. The molecule has 0 bridgehead atoms. The van der Waals surface area contributed by atoms with Crippen molar-refractivity contribution >= 4 is 16.3 Å². The van der Waals surface area contributed by atoms with Gasteiger partial charge in [-0.3, -0.25) is 0 Å². The van der Waals surface area contributed by atoms with E-state index in [1.165, 1.54) is 40.1 Å². The van der Waals surface area contributed by atoms with Crippen LogP contribution in [-0.2, 0) is 26.7 Å². The molecule has 0 aromatic heterocycles. The molecule has 1 N–H and O–H groups in total. The molecule has 0 spiro atoms. The highest BCUT2D eigenvalue weighted by atomic mass is 32.2. The van der Waals surface area contributed by atoms with Crippen LogP contribution < -0.4 is 4.74 Å². The number of benzene rings is 1. The Labute approximate surface area is 162 Å². The smallest absolute Gasteiger partial charge is 0.403 e. The summed E-state index contributed by atoms with van der Waals surface area (Å²) in [6, 6.07) is 2.75. The zero-order valence-electron chi connectivity index (χ0n) is 16.1. The van der Waals surface area contributed by atoms with Crippen LogP contribution in [0.5, 0.6) is 5.75 Å². The maximum atomic E-state index is 13.5. The number of carbonyl (C=O) groups excluding carboxylic acids is 1. The van der Waals surface area contributed by atoms with Gasteiger partial charge in [-0.05, 0) is 29.5 Å². The number of fused-ring (bicyclic) bond motifs is 1. The van der Waals surface area contributed by atoms with E-state index in [0.717, 1.165) is 4.31 Å². The van der Waals surface area contributed by atoms with Crippen molar-refractivity contribution in [1.82, 2.24) is 4.31 Å². The van der Waals surface area contributed by atoms with Crippen LogP contribution in [0.2, 0.25) is 0 Å². The number of rotatable bonds is 7. The number of alkyl halides is 3. The summed E-state index contributed by atoms with van der Waals surface area (Å²) in [5.74, 6) is 0.336. The van der Waals surface area contributed by atoms with Gasteiger partial charge in [-0.2, -0.15) is 13.2 Å². The van der Waals surface area contributed by atoms with Gasteiger partial charge < -0.3 is 14.6 Å². The highest BCUT2D eigenvalue weighted by Crippen LogP contribution is 2.49. The molecule has 1 heterocycles. The van der Waals surface area contributed by atoms with Crippen molar-refractivity contribution in [2.75, 3.05) is 27.3 Å². The highest BCUT2D eigenvalue weighted by molar-refractivity contribution is 7.89. The van der Waals surface area contributed by atoms with Crippen molar-refractivity contribution in [1.29, 1.82) is 0 Å². The molecule has 0 saturated heterocycles. The fourth-order valence-corrected chi connectivity index (χ4v) is 4.40. The van der Waals surface area contributed by atoms with E-state index in [-0.39, 0.29) is 23.4 Å². The number of ether oxygens (including phenoxy) is 1. The van der Waals surface area contributed by atoms with Crippen LogP contribution in [0.4, 0.5) is 13.2 Å². The molecule has 1 unspecified atom stereocenters. The Balaban J connectivity index is 2.66. The van der Waals surface area contributed by atoms with E-state index < -0.39 is 40.1 Å². The lowest BCUT2D eigenvalue weighted by atomic mass is 9.69. The number of aldehydes is 1. The first kappa shape index (κ1) is 22.6. The molecule has 6 nitrogen and oxygen atoms in total. The molecule has 1 aliphatic heterocycles. The van der Waals surface area contributed by atoms with Crippen molar-refractivity contribution in [2.45, 2.75) is 43.2 Å². The van der Waals surface area contributed by atoms with Crippen LogP contribution in [0.25, 0.3) is 0 Å². The predicted molar refractivity (Wildman–Crippen MR) is 95.8 cm³/mol. The standard InChI is InChI=1S/C18H24F3NO5S/c1-16(2,9-17(10-23,11-24)18(19,20)21)14-8-13(28(25,26)22(3)4)7-12-5-6-27-15(12)14/h7-8,10,24H,5-6,9,11H2,1-4H3. The SMILES string of the molecule is CN(C)S(=O)(=O)c1cc2c(c(C(C)(C)CC(C=O)(CO)C(F)(F)F)c1)OCC2. The Bertz CT molecular complexity index is 865. The molecule has 0 saturated carbocycles. The molecule has 0 aliphatic carbocycles. The third-order valence-corrected chi connectivity index (χ3v) is 6.89. The molecule has 1 aliphatic rings. The first-order chi connectivity index (χ1) is 12.7. The molecule has 0 radical (unpaired) electrons. The largest absolute Gasteiger partial charge is 0.493 e. The van der Waals surface area contributed by atoms with Crippen molar-refractivity contribution in [2.24, 2.45) is 5.41 Å². The Hall–Kier alpha value is -1.65. The quantitative estimate of drug-likeness (QED) is 0.681. The first-order valence-corrected chi connectivity index (χ1v) is 10.0. The lowest BCUT2D eigenvalue weighted by Gasteiger charge is -2.37. The molecule has 1 atom stereocenters. The number of nitrogens with zero attached hydrogens (tertiary/aromatic N) is 1. The van der Waals surface area contributed by atoms with Gasteiger partial charge in [-0.15, -0.1) is 0 Å². The summed E-state index contributed by atoms with van der Waals surface area (Å²) in [7, 11) is -1.11. The van der Waals surface area contributed by atoms with Crippen molar-refractivity contribution in [3.63, 3.8) is 0 Å². The number of carbonyl (C=O) groups is 1. The van der Waals surface area contributed by atoms with Gasteiger partial charge in [-0.1, -0.05) is 13.8 Å². The van der Waals surface area contributed by atoms with Gasteiger partial charge in [0.25, 0.3) is 0 Å². The number of aliphatic hydroxyl groups is 1. The third-order valence-electron chi connectivity index (χ3n) is 5.09. The van der Waals surface area contributed by atoms with E-state index in [2.05, 4.69) is 0 Å². The maximum absolute atomic E-state index is 13.5. The predicted octanol–water partition coefficient (Wildman–Crippen LogP) is 2.28. The van der Waals surface area contributed by atoms with Gasteiger partial charge in [0.05, 0.1) is 18.1 Å². The van der Waals surface area contributed by atoms with Crippen molar-refractivity contribution in [3.8, 4) is 5.75 Å². The van der Waals surface area contributed by atoms with Crippen LogP contribution in [0.3, 0.4) is 0 Å². The van der Waals surface area contributed by atoms with E-state index in [1.54, 1.807) is 0 Å². The van der Waals surface area contributed by atoms with E-state index in [0.29, 0.717) is 17.7 Å². The van der Waals surface area contributed by atoms with E-state index in [4.69, 9.17) is 4.74 Å². The van der Waals surface area contributed by atoms with Gasteiger partial charge in [0.15, 0.2) is 0 Å². The molecular weight excluding hydrogens is 399 g/mol. The fraction of sp³-hybridized carbons (Fsp3) is 0.611. The lowest BCUT2D eigenvalue weighted by molar-refractivity contribution is -0.229. The maximum Gasteiger partial charge on any atom is 0.403 e. The van der Waals surface area contributed by atoms with Crippen LogP contribution in [0.15, 0.2) is 17.0 Å². The minimum Gasteiger partial charge on any atom is -0.493 e. The molecule has 158 valence electrons. The summed E-state index contributed by atoms with van der Waals surface area (Å²) in [4.78, 5) is 11.3. The number of hydrogen-bond donors (Lipinski definition) is 1. The number of hydrogen-bond acceptors (Lipinski definition) is 5. The fourth-order valence-electron chi connectivity index (χ4n) is 3.42. The minimum atomic E-state index is -4.96. The van der Waals surface area contributed by atoms with Gasteiger partial charge in [0, 0.05) is 26.1 Å². The lowest BCUT2D eigenvalue weighted by Crippen LogP contribution is -2.47. The molecule has 1 aromatic rings. The van der Waals surface area contributed by atoms with Crippen LogP contribution in [0.1, 0.15) is 31.4 Å². The summed E-state index contributed by atoms with van der Waals surface area (Å²) < 4.78 is 72.4. The van der Waals surface area contributed by atoms with Crippen molar-refractivity contribution < 1.29 is 36.2 Å². The minimum absolute atomic E-state index is 0.0578. The zero-order valence-corrected chi connectivity index (χ0v) is 16.9. The molecule has 28 heavy (non-hydrogen) atoms. The molecule has 10 heteroatoms. The third kappa shape index (κ3) is 3.77.